The third-order valence-corrected chi connectivity index (χ3v) is 6.98. The number of nitrogens with zero attached hydrogens (tertiary/aromatic N) is 3. The number of pyridine rings is 1. The largest absolute Gasteiger partial charge is 0.494 e. The Hall–Kier alpha value is -3.74. The summed E-state index contributed by atoms with van der Waals surface area (Å²) in [6, 6.07) is 25.0. The molecule has 0 atom stereocenters. The van der Waals surface area contributed by atoms with E-state index in [2.05, 4.69) is 4.98 Å². The fraction of sp³-hybridized carbons (Fsp3) is 0.0741. The topological polar surface area (TPSA) is 55.3 Å². The van der Waals surface area contributed by atoms with Crippen LogP contribution in [0.4, 0.5) is 5.13 Å². The maximum Gasteiger partial charge on any atom is 0.260 e. The predicted molar refractivity (Wildman–Crippen MR) is 138 cm³/mol. The molecule has 0 bridgehead atoms. The first-order valence-corrected chi connectivity index (χ1v) is 11.8. The van der Waals surface area contributed by atoms with Crippen LogP contribution in [0.5, 0.6) is 5.75 Å². The van der Waals surface area contributed by atoms with E-state index < -0.39 is 0 Å². The average Bonchev–Trinajstić information content (AvgIpc) is 3.35. The molecule has 0 spiro atoms. The van der Waals surface area contributed by atoms with Crippen molar-refractivity contribution < 1.29 is 9.53 Å². The number of benzene rings is 3. The Kier molecular flexibility index (Phi) is 6.25. The minimum atomic E-state index is -0.155. The zero-order chi connectivity index (χ0) is 23.5. The number of carbonyl (C=O) groups is 1. The third kappa shape index (κ3) is 4.38. The van der Waals surface area contributed by atoms with Gasteiger partial charge in [0.15, 0.2) is 5.13 Å². The first kappa shape index (κ1) is 22.1. The lowest BCUT2D eigenvalue weighted by molar-refractivity contribution is 0.0985. The molecule has 168 valence electrons. The monoisotopic (exact) mass is 485 g/mol. The van der Waals surface area contributed by atoms with Gasteiger partial charge in [-0.3, -0.25) is 14.7 Å². The molecular weight excluding hydrogens is 466 g/mol. The van der Waals surface area contributed by atoms with Crippen molar-refractivity contribution in [3.8, 4) is 16.9 Å². The lowest BCUT2D eigenvalue weighted by atomic mass is 10.0. The van der Waals surface area contributed by atoms with Crippen LogP contribution in [0.25, 0.3) is 21.3 Å². The highest BCUT2D eigenvalue weighted by atomic mass is 35.5. The number of carbonyl (C=O) groups excluding carboxylic acids is 1. The standard InChI is InChI=1S/C27H20ClN3O2S/c1-33-23-14-13-22(28)25-24(23)30-27(34-25)31(17-18-6-5-15-29-16-18)26(32)21-11-9-20(10-12-21)19-7-3-2-4-8-19/h2-16H,17H2,1H3. The van der Waals surface area contributed by atoms with Crippen molar-refractivity contribution in [2.24, 2.45) is 0 Å². The number of rotatable bonds is 6. The Morgan fingerprint density at radius 3 is 2.44 bits per heavy atom. The van der Waals surface area contributed by atoms with E-state index >= 15 is 0 Å². The van der Waals surface area contributed by atoms with Crippen molar-refractivity contribution >= 4 is 44.2 Å². The van der Waals surface area contributed by atoms with Crippen LogP contribution in [0.15, 0.2) is 91.3 Å². The number of aromatic nitrogens is 2. The first-order valence-electron chi connectivity index (χ1n) is 10.6. The summed E-state index contributed by atoms with van der Waals surface area (Å²) in [5.41, 5.74) is 4.25. The van der Waals surface area contributed by atoms with E-state index in [1.165, 1.54) is 11.3 Å². The molecule has 34 heavy (non-hydrogen) atoms. The van der Waals surface area contributed by atoms with Gasteiger partial charge in [0, 0.05) is 18.0 Å². The van der Waals surface area contributed by atoms with Crippen molar-refractivity contribution in [2.45, 2.75) is 6.54 Å². The number of amides is 1. The predicted octanol–water partition coefficient (Wildman–Crippen LogP) is 6.87. The Bertz CT molecular complexity index is 1440. The van der Waals surface area contributed by atoms with Gasteiger partial charge in [-0.1, -0.05) is 71.5 Å². The minimum absolute atomic E-state index is 0.155. The molecule has 1 amide bonds. The molecule has 0 saturated heterocycles. The summed E-state index contributed by atoms with van der Waals surface area (Å²) in [6.07, 6.45) is 3.46. The molecule has 2 heterocycles. The smallest absolute Gasteiger partial charge is 0.260 e. The second-order valence-electron chi connectivity index (χ2n) is 7.62. The summed E-state index contributed by atoms with van der Waals surface area (Å²) in [5, 5.41) is 1.11. The number of anilines is 1. The van der Waals surface area contributed by atoms with Gasteiger partial charge in [0.05, 0.1) is 23.4 Å². The zero-order valence-corrected chi connectivity index (χ0v) is 19.9. The Morgan fingerprint density at radius 1 is 0.971 bits per heavy atom. The minimum Gasteiger partial charge on any atom is -0.494 e. The van der Waals surface area contributed by atoms with E-state index in [-0.39, 0.29) is 5.91 Å². The number of thiazole rings is 1. The molecule has 5 nitrogen and oxygen atoms in total. The van der Waals surface area contributed by atoms with Gasteiger partial charge >= 0.3 is 0 Å². The van der Waals surface area contributed by atoms with Gasteiger partial charge in [-0.2, -0.15) is 0 Å². The molecule has 0 aliphatic heterocycles. The average molecular weight is 486 g/mol. The summed E-state index contributed by atoms with van der Waals surface area (Å²) < 4.78 is 6.24. The molecule has 5 aromatic rings. The van der Waals surface area contributed by atoms with Crippen LogP contribution in [0.1, 0.15) is 15.9 Å². The summed E-state index contributed by atoms with van der Waals surface area (Å²) >= 11 is 7.80. The number of halogens is 1. The lowest BCUT2D eigenvalue weighted by Gasteiger charge is -2.20. The highest BCUT2D eigenvalue weighted by molar-refractivity contribution is 7.23. The normalized spacial score (nSPS) is 10.9. The molecule has 0 fully saturated rings. The van der Waals surface area contributed by atoms with Crippen molar-refractivity contribution in [1.82, 2.24) is 9.97 Å². The van der Waals surface area contributed by atoms with E-state index in [1.54, 1.807) is 36.5 Å². The molecule has 3 aromatic carbocycles. The molecule has 2 aromatic heterocycles. The quantitative estimate of drug-likeness (QED) is 0.263. The van der Waals surface area contributed by atoms with Gasteiger partial charge < -0.3 is 4.74 Å². The Labute approximate surface area is 206 Å². The molecule has 5 rings (SSSR count). The number of hydrogen-bond donors (Lipinski definition) is 0. The van der Waals surface area contributed by atoms with Gasteiger partial charge in [0.25, 0.3) is 5.91 Å². The van der Waals surface area contributed by atoms with Crippen LogP contribution in [0.2, 0.25) is 5.02 Å². The van der Waals surface area contributed by atoms with E-state index in [0.29, 0.717) is 33.5 Å². The molecule has 0 radical (unpaired) electrons. The van der Waals surface area contributed by atoms with E-state index in [0.717, 1.165) is 21.4 Å². The van der Waals surface area contributed by atoms with Crippen molar-refractivity contribution in [2.75, 3.05) is 12.0 Å². The summed E-state index contributed by atoms with van der Waals surface area (Å²) in [7, 11) is 1.59. The second kappa shape index (κ2) is 9.63. The number of methoxy groups -OCH3 is 1. The van der Waals surface area contributed by atoms with Crippen molar-refractivity contribution in [1.29, 1.82) is 0 Å². The lowest BCUT2D eigenvalue weighted by Crippen LogP contribution is -2.30. The maximum absolute atomic E-state index is 13.7. The fourth-order valence-corrected chi connectivity index (χ4v) is 4.97. The van der Waals surface area contributed by atoms with E-state index in [9.17, 15) is 4.79 Å². The second-order valence-corrected chi connectivity index (χ2v) is 9.00. The number of ether oxygens (including phenoxy) is 1. The van der Waals surface area contributed by atoms with Crippen LogP contribution in [-0.2, 0) is 6.54 Å². The van der Waals surface area contributed by atoms with Crippen LogP contribution in [0.3, 0.4) is 0 Å². The van der Waals surface area contributed by atoms with Crippen LogP contribution in [-0.4, -0.2) is 23.0 Å². The molecule has 0 aliphatic rings. The molecule has 0 aliphatic carbocycles. The van der Waals surface area contributed by atoms with Gasteiger partial charge in [-0.05, 0) is 47.0 Å². The third-order valence-electron chi connectivity index (χ3n) is 5.45. The highest BCUT2D eigenvalue weighted by Crippen LogP contribution is 2.39. The SMILES string of the molecule is COc1ccc(Cl)c2sc(N(Cc3cccnc3)C(=O)c3ccc(-c4ccccc4)cc3)nc12. The zero-order valence-electron chi connectivity index (χ0n) is 18.3. The Balaban J connectivity index is 1.54. The Morgan fingerprint density at radius 2 is 1.74 bits per heavy atom. The van der Waals surface area contributed by atoms with Gasteiger partial charge in [0.2, 0.25) is 0 Å². The molecule has 0 N–H and O–H groups in total. The summed E-state index contributed by atoms with van der Waals surface area (Å²) in [5.74, 6) is 0.459. The van der Waals surface area contributed by atoms with Gasteiger partial charge in [-0.25, -0.2) is 4.98 Å². The van der Waals surface area contributed by atoms with Crippen LogP contribution < -0.4 is 9.64 Å². The summed E-state index contributed by atoms with van der Waals surface area (Å²) in [4.78, 5) is 24.3. The molecular formula is C27H20ClN3O2S. The molecule has 7 heteroatoms. The highest BCUT2D eigenvalue weighted by Gasteiger charge is 2.24. The van der Waals surface area contributed by atoms with Gasteiger partial charge in [0.1, 0.15) is 11.3 Å². The molecule has 0 saturated carbocycles. The summed E-state index contributed by atoms with van der Waals surface area (Å²) in [6.45, 7) is 0.326. The van der Waals surface area contributed by atoms with Crippen molar-refractivity contribution in [3.05, 3.63) is 107 Å². The number of hydrogen-bond acceptors (Lipinski definition) is 5. The van der Waals surface area contributed by atoms with E-state index in [1.807, 2.05) is 66.7 Å². The first-order chi connectivity index (χ1) is 16.6. The molecule has 0 unspecified atom stereocenters. The number of fused-ring (bicyclic) bond motifs is 1. The van der Waals surface area contributed by atoms with Crippen LogP contribution >= 0.6 is 22.9 Å². The fourth-order valence-electron chi connectivity index (χ4n) is 3.71. The maximum atomic E-state index is 13.7. The van der Waals surface area contributed by atoms with Crippen LogP contribution in [0, 0.1) is 0 Å². The van der Waals surface area contributed by atoms with E-state index in [4.69, 9.17) is 21.3 Å². The van der Waals surface area contributed by atoms with Gasteiger partial charge in [-0.15, -0.1) is 0 Å². The van der Waals surface area contributed by atoms with Crippen molar-refractivity contribution in [3.63, 3.8) is 0 Å².